The molecule has 0 radical (unpaired) electrons. The Labute approximate surface area is 117 Å². The van der Waals surface area contributed by atoms with Crippen LogP contribution in [0.25, 0.3) is 0 Å². The zero-order chi connectivity index (χ0) is 14.5. The molecule has 0 saturated heterocycles. The molecule has 0 amide bonds. The van der Waals surface area contributed by atoms with Gasteiger partial charge in [0.15, 0.2) is 0 Å². The van der Waals surface area contributed by atoms with E-state index in [-0.39, 0.29) is 11.6 Å². The fraction of sp³-hybridized carbons (Fsp3) is 0.188. The predicted molar refractivity (Wildman–Crippen MR) is 76.6 cm³/mol. The van der Waals surface area contributed by atoms with E-state index in [0.29, 0.717) is 5.69 Å². The molecule has 0 bridgehead atoms. The van der Waals surface area contributed by atoms with Crippen molar-refractivity contribution in [3.05, 3.63) is 65.5 Å². The van der Waals surface area contributed by atoms with Crippen molar-refractivity contribution in [1.29, 1.82) is 0 Å². The molecule has 0 aromatic heterocycles. The summed E-state index contributed by atoms with van der Waals surface area (Å²) in [5.41, 5.74) is 1.46. The Balaban J connectivity index is 2.03. The quantitative estimate of drug-likeness (QED) is 0.875. The van der Waals surface area contributed by atoms with E-state index in [2.05, 4.69) is 5.32 Å². The lowest BCUT2D eigenvalue weighted by Crippen LogP contribution is -2.18. The maximum Gasteiger partial charge on any atom is 0.338 e. The van der Waals surface area contributed by atoms with Crippen molar-refractivity contribution in [2.75, 3.05) is 5.32 Å². The van der Waals surface area contributed by atoms with Gasteiger partial charge in [-0.1, -0.05) is 30.3 Å². The minimum Gasteiger partial charge on any atom is -0.478 e. The SMILES string of the molecule is CC(Cc1ccccc1)Nc1ccc(C(=O)O)c(F)c1. The molecule has 1 atom stereocenters. The first-order chi connectivity index (χ1) is 9.56. The molecule has 2 aromatic carbocycles. The second kappa shape index (κ2) is 6.19. The van der Waals surface area contributed by atoms with Crippen LogP contribution in [0.1, 0.15) is 22.8 Å². The first-order valence-electron chi connectivity index (χ1n) is 6.39. The van der Waals surface area contributed by atoms with Crippen LogP contribution >= 0.6 is 0 Å². The van der Waals surface area contributed by atoms with Gasteiger partial charge in [0.25, 0.3) is 0 Å². The third-order valence-corrected chi connectivity index (χ3v) is 3.00. The number of hydrogen-bond donors (Lipinski definition) is 2. The Bertz CT molecular complexity index is 599. The van der Waals surface area contributed by atoms with E-state index in [1.54, 1.807) is 6.07 Å². The molecule has 2 aromatic rings. The summed E-state index contributed by atoms with van der Waals surface area (Å²) in [6, 6.07) is 14.2. The van der Waals surface area contributed by atoms with Crippen LogP contribution in [0.4, 0.5) is 10.1 Å². The minimum atomic E-state index is -1.26. The Morgan fingerprint density at radius 3 is 2.55 bits per heavy atom. The highest BCUT2D eigenvalue weighted by molar-refractivity contribution is 5.88. The highest BCUT2D eigenvalue weighted by atomic mass is 19.1. The molecule has 0 spiro atoms. The van der Waals surface area contributed by atoms with Gasteiger partial charge in [-0.3, -0.25) is 0 Å². The molecule has 0 heterocycles. The standard InChI is InChI=1S/C16H16FNO2/c1-11(9-12-5-3-2-4-6-12)18-13-7-8-14(16(19)20)15(17)10-13/h2-8,10-11,18H,9H2,1H3,(H,19,20). The number of nitrogens with one attached hydrogen (secondary N) is 1. The molecule has 0 aliphatic carbocycles. The van der Waals surface area contributed by atoms with Gasteiger partial charge in [0.1, 0.15) is 5.82 Å². The van der Waals surface area contributed by atoms with Gasteiger partial charge in [-0.15, -0.1) is 0 Å². The minimum absolute atomic E-state index is 0.118. The molecule has 3 nitrogen and oxygen atoms in total. The Morgan fingerprint density at radius 2 is 1.95 bits per heavy atom. The fourth-order valence-electron chi connectivity index (χ4n) is 2.08. The second-order valence-electron chi connectivity index (χ2n) is 4.73. The average molecular weight is 273 g/mol. The summed E-state index contributed by atoms with van der Waals surface area (Å²) in [5, 5.41) is 11.9. The summed E-state index contributed by atoms with van der Waals surface area (Å²) in [6.45, 7) is 2.00. The summed E-state index contributed by atoms with van der Waals surface area (Å²) in [7, 11) is 0. The van der Waals surface area contributed by atoms with Crippen molar-refractivity contribution >= 4 is 11.7 Å². The van der Waals surface area contributed by atoms with E-state index in [1.807, 2.05) is 37.3 Å². The van der Waals surface area contributed by atoms with Crippen molar-refractivity contribution in [1.82, 2.24) is 0 Å². The third-order valence-electron chi connectivity index (χ3n) is 3.00. The third kappa shape index (κ3) is 3.57. The Kier molecular flexibility index (Phi) is 4.35. The monoisotopic (exact) mass is 273 g/mol. The summed E-state index contributed by atoms with van der Waals surface area (Å²) in [5.74, 6) is -1.99. The molecule has 20 heavy (non-hydrogen) atoms. The van der Waals surface area contributed by atoms with Crippen molar-refractivity contribution in [2.24, 2.45) is 0 Å². The van der Waals surface area contributed by atoms with Crippen LogP contribution < -0.4 is 5.32 Å². The van der Waals surface area contributed by atoms with Gasteiger partial charge in [-0.05, 0) is 37.1 Å². The number of aromatic carboxylic acids is 1. The van der Waals surface area contributed by atoms with Crippen LogP contribution in [0.2, 0.25) is 0 Å². The average Bonchev–Trinajstić information content (AvgIpc) is 2.39. The van der Waals surface area contributed by atoms with Crippen LogP contribution in [0.3, 0.4) is 0 Å². The summed E-state index contributed by atoms with van der Waals surface area (Å²) >= 11 is 0. The van der Waals surface area contributed by atoms with E-state index < -0.39 is 11.8 Å². The molecule has 104 valence electrons. The first kappa shape index (κ1) is 14.1. The number of carboxylic acid groups (broad SMARTS) is 1. The molecule has 2 rings (SSSR count). The van der Waals surface area contributed by atoms with E-state index >= 15 is 0 Å². The summed E-state index contributed by atoms with van der Waals surface area (Å²) in [6.07, 6.45) is 0.809. The largest absolute Gasteiger partial charge is 0.478 e. The predicted octanol–water partition coefficient (Wildman–Crippen LogP) is 3.57. The van der Waals surface area contributed by atoms with Gasteiger partial charge in [0.2, 0.25) is 0 Å². The van der Waals surface area contributed by atoms with Gasteiger partial charge in [0.05, 0.1) is 5.56 Å². The summed E-state index contributed by atoms with van der Waals surface area (Å²) in [4.78, 5) is 10.7. The summed E-state index contributed by atoms with van der Waals surface area (Å²) < 4.78 is 13.6. The van der Waals surface area contributed by atoms with E-state index in [1.165, 1.54) is 17.7 Å². The van der Waals surface area contributed by atoms with Crippen molar-refractivity contribution in [3.63, 3.8) is 0 Å². The van der Waals surface area contributed by atoms with E-state index in [4.69, 9.17) is 5.11 Å². The Morgan fingerprint density at radius 1 is 1.25 bits per heavy atom. The van der Waals surface area contributed by atoms with Crippen LogP contribution in [0.15, 0.2) is 48.5 Å². The van der Waals surface area contributed by atoms with Crippen LogP contribution in [-0.4, -0.2) is 17.1 Å². The smallest absolute Gasteiger partial charge is 0.338 e. The number of carbonyl (C=O) groups is 1. The number of rotatable bonds is 5. The molecular weight excluding hydrogens is 257 g/mol. The number of carboxylic acids is 1. The maximum absolute atomic E-state index is 13.6. The molecule has 0 fully saturated rings. The van der Waals surface area contributed by atoms with Gasteiger partial charge < -0.3 is 10.4 Å². The molecule has 1 unspecified atom stereocenters. The molecule has 0 saturated carbocycles. The highest BCUT2D eigenvalue weighted by Gasteiger charge is 2.11. The highest BCUT2D eigenvalue weighted by Crippen LogP contribution is 2.16. The topological polar surface area (TPSA) is 49.3 Å². The number of halogens is 1. The van der Waals surface area contributed by atoms with Crippen molar-refractivity contribution in [2.45, 2.75) is 19.4 Å². The second-order valence-corrected chi connectivity index (χ2v) is 4.73. The molecule has 0 aliphatic rings. The lowest BCUT2D eigenvalue weighted by molar-refractivity contribution is 0.0692. The van der Waals surface area contributed by atoms with Gasteiger partial charge in [0, 0.05) is 11.7 Å². The van der Waals surface area contributed by atoms with E-state index in [9.17, 15) is 9.18 Å². The zero-order valence-corrected chi connectivity index (χ0v) is 11.1. The van der Waals surface area contributed by atoms with Crippen molar-refractivity contribution in [3.8, 4) is 0 Å². The molecule has 4 heteroatoms. The van der Waals surface area contributed by atoms with Crippen molar-refractivity contribution < 1.29 is 14.3 Å². The number of anilines is 1. The zero-order valence-electron chi connectivity index (χ0n) is 11.1. The molecule has 2 N–H and O–H groups in total. The number of benzene rings is 2. The fourth-order valence-corrected chi connectivity index (χ4v) is 2.08. The van der Waals surface area contributed by atoms with Gasteiger partial charge in [-0.25, -0.2) is 9.18 Å². The van der Waals surface area contributed by atoms with Crippen LogP contribution in [0.5, 0.6) is 0 Å². The number of hydrogen-bond acceptors (Lipinski definition) is 2. The lowest BCUT2D eigenvalue weighted by Gasteiger charge is -2.15. The normalized spacial score (nSPS) is 11.9. The van der Waals surface area contributed by atoms with Crippen LogP contribution in [0, 0.1) is 5.82 Å². The Hall–Kier alpha value is -2.36. The molecule has 0 aliphatic heterocycles. The van der Waals surface area contributed by atoms with Gasteiger partial charge in [-0.2, -0.15) is 0 Å². The maximum atomic E-state index is 13.6. The first-order valence-corrected chi connectivity index (χ1v) is 6.39. The van der Waals surface area contributed by atoms with Crippen LogP contribution in [-0.2, 0) is 6.42 Å². The molecular formula is C16H16FNO2. The lowest BCUT2D eigenvalue weighted by atomic mass is 10.1. The van der Waals surface area contributed by atoms with Gasteiger partial charge >= 0.3 is 5.97 Å². The van der Waals surface area contributed by atoms with E-state index in [0.717, 1.165) is 6.42 Å².